The van der Waals surface area contributed by atoms with Gasteiger partial charge >= 0.3 is 0 Å². The zero-order valence-corrected chi connectivity index (χ0v) is 11.6. The second kappa shape index (κ2) is 5.74. The zero-order chi connectivity index (χ0) is 13.1. The highest BCUT2D eigenvalue weighted by molar-refractivity contribution is 6.34. The Morgan fingerprint density at radius 1 is 1.44 bits per heavy atom. The summed E-state index contributed by atoms with van der Waals surface area (Å²) in [4.78, 5) is 0. The van der Waals surface area contributed by atoms with Crippen LogP contribution in [0.15, 0.2) is 28.7 Å². The molecule has 0 fully saturated rings. The summed E-state index contributed by atoms with van der Waals surface area (Å²) in [5, 5.41) is 5.02. The van der Waals surface area contributed by atoms with E-state index in [1.165, 1.54) is 0 Å². The van der Waals surface area contributed by atoms with Crippen molar-refractivity contribution in [2.75, 3.05) is 13.7 Å². The van der Waals surface area contributed by atoms with Crippen molar-refractivity contribution in [3.05, 3.63) is 35.0 Å². The van der Waals surface area contributed by atoms with Crippen molar-refractivity contribution in [3.63, 3.8) is 0 Å². The van der Waals surface area contributed by atoms with Crippen LogP contribution in [0.5, 0.6) is 0 Å². The number of ether oxygens (including phenoxy) is 1. The van der Waals surface area contributed by atoms with Crippen molar-refractivity contribution in [1.29, 1.82) is 0 Å². The van der Waals surface area contributed by atoms with E-state index in [2.05, 4.69) is 12.2 Å². The van der Waals surface area contributed by atoms with Crippen molar-refractivity contribution in [2.24, 2.45) is 0 Å². The standard InChI is InChI=1S/C14H18ClNO2/c1-4-16-13(9(2)17-3)12-8-10-6-5-7-11(15)14(10)18-12/h5-9,13,16H,4H2,1-3H3. The van der Waals surface area contributed by atoms with Crippen LogP contribution in [0.3, 0.4) is 0 Å². The summed E-state index contributed by atoms with van der Waals surface area (Å²) in [6.45, 7) is 4.93. The molecule has 0 spiro atoms. The van der Waals surface area contributed by atoms with Gasteiger partial charge in [-0.2, -0.15) is 0 Å². The largest absolute Gasteiger partial charge is 0.458 e. The van der Waals surface area contributed by atoms with Crippen LogP contribution >= 0.6 is 11.6 Å². The molecule has 0 saturated heterocycles. The van der Waals surface area contributed by atoms with Crippen molar-refractivity contribution >= 4 is 22.6 Å². The minimum absolute atomic E-state index is 0.0310. The van der Waals surface area contributed by atoms with E-state index in [0.717, 1.165) is 23.3 Å². The molecule has 0 radical (unpaired) electrons. The number of furan rings is 1. The molecule has 3 nitrogen and oxygen atoms in total. The lowest BCUT2D eigenvalue weighted by Crippen LogP contribution is -2.30. The smallest absolute Gasteiger partial charge is 0.152 e. The zero-order valence-electron chi connectivity index (χ0n) is 10.9. The Morgan fingerprint density at radius 2 is 2.22 bits per heavy atom. The molecule has 0 bridgehead atoms. The van der Waals surface area contributed by atoms with Gasteiger partial charge in [-0.05, 0) is 25.6 Å². The molecule has 1 heterocycles. The maximum absolute atomic E-state index is 6.12. The fourth-order valence-electron chi connectivity index (χ4n) is 2.05. The van der Waals surface area contributed by atoms with Crippen LogP contribution in [0.4, 0.5) is 0 Å². The summed E-state index contributed by atoms with van der Waals surface area (Å²) in [7, 11) is 1.70. The predicted molar refractivity (Wildman–Crippen MR) is 74.1 cm³/mol. The molecule has 4 heteroatoms. The number of methoxy groups -OCH3 is 1. The van der Waals surface area contributed by atoms with Gasteiger partial charge in [0, 0.05) is 12.5 Å². The van der Waals surface area contributed by atoms with Gasteiger partial charge in [0.15, 0.2) is 5.58 Å². The monoisotopic (exact) mass is 267 g/mol. The van der Waals surface area contributed by atoms with E-state index in [-0.39, 0.29) is 12.1 Å². The van der Waals surface area contributed by atoms with Gasteiger partial charge < -0.3 is 14.5 Å². The SMILES string of the molecule is CCNC(c1cc2cccc(Cl)c2o1)C(C)OC. The molecule has 2 unspecified atom stereocenters. The van der Waals surface area contributed by atoms with Crippen molar-refractivity contribution < 1.29 is 9.15 Å². The predicted octanol–water partition coefficient (Wildman–Crippen LogP) is 3.77. The number of benzene rings is 1. The highest BCUT2D eigenvalue weighted by Crippen LogP contribution is 2.30. The second-order valence-electron chi connectivity index (χ2n) is 4.28. The summed E-state index contributed by atoms with van der Waals surface area (Å²) < 4.78 is 11.3. The van der Waals surface area contributed by atoms with Crippen LogP contribution in [-0.2, 0) is 4.74 Å². The van der Waals surface area contributed by atoms with Crippen molar-refractivity contribution in [3.8, 4) is 0 Å². The van der Waals surface area contributed by atoms with E-state index >= 15 is 0 Å². The molecule has 98 valence electrons. The number of rotatable bonds is 5. The molecular formula is C14H18ClNO2. The number of para-hydroxylation sites is 1. The lowest BCUT2D eigenvalue weighted by Gasteiger charge is -2.21. The number of hydrogen-bond acceptors (Lipinski definition) is 3. The van der Waals surface area contributed by atoms with Crippen LogP contribution in [0.25, 0.3) is 11.0 Å². The van der Waals surface area contributed by atoms with Gasteiger partial charge in [0.2, 0.25) is 0 Å². The third-order valence-electron chi connectivity index (χ3n) is 3.09. The molecule has 0 aliphatic rings. The quantitative estimate of drug-likeness (QED) is 0.895. The summed E-state index contributed by atoms with van der Waals surface area (Å²) in [5.41, 5.74) is 0.736. The average molecular weight is 268 g/mol. The Morgan fingerprint density at radius 3 is 2.83 bits per heavy atom. The molecule has 1 N–H and O–H groups in total. The third kappa shape index (κ3) is 2.53. The first-order valence-corrected chi connectivity index (χ1v) is 6.49. The molecule has 2 aromatic rings. The Hall–Kier alpha value is -1.03. The minimum atomic E-state index is 0.0310. The van der Waals surface area contributed by atoms with E-state index < -0.39 is 0 Å². The Balaban J connectivity index is 2.41. The van der Waals surface area contributed by atoms with Crippen LogP contribution < -0.4 is 5.32 Å². The number of nitrogens with one attached hydrogen (secondary N) is 1. The number of likely N-dealkylation sites (N-methyl/N-ethyl adjacent to an activating group) is 1. The van der Waals surface area contributed by atoms with Gasteiger partial charge in [0.05, 0.1) is 17.2 Å². The lowest BCUT2D eigenvalue weighted by atomic mass is 10.1. The number of hydrogen-bond donors (Lipinski definition) is 1. The highest BCUT2D eigenvalue weighted by atomic mass is 35.5. The third-order valence-corrected chi connectivity index (χ3v) is 3.38. The lowest BCUT2D eigenvalue weighted by molar-refractivity contribution is 0.0766. The molecule has 2 rings (SSSR count). The topological polar surface area (TPSA) is 34.4 Å². The molecule has 0 aliphatic heterocycles. The first-order valence-electron chi connectivity index (χ1n) is 6.11. The first-order chi connectivity index (χ1) is 8.67. The Labute approximate surface area is 112 Å². The van der Waals surface area contributed by atoms with Gasteiger partial charge in [-0.3, -0.25) is 0 Å². The maximum Gasteiger partial charge on any atom is 0.152 e. The van der Waals surface area contributed by atoms with Crippen LogP contribution in [0.2, 0.25) is 5.02 Å². The molecule has 0 aliphatic carbocycles. The van der Waals surface area contributed by atoms with Gasteiger partial charge in [0.1, 0.15) is 5.76 Å². The van der Waals surface area contributed by atoms with Gasteiger partial charge in [-0.1, -0.05) is 30.7 Å². The van der Waals surface area contributed by atoms with Gasteiger partial charge in [-0.25, -0.2) is 0 Å². The fourth-order valence-corrected chi connectivity index (χ4v) is 2.28. The second-order valence-corrected chi connectivity index (χ2v) is 4.69. The molecule has 1 aromatic heterocycles. The van der Waals surface area contributed by atoms with Gasteiger partial charge in [-0.15, -0.1) is 0 Å². The van der Waals surface area contributed by atoms with Crippen LogP contribution in [-0.4, -0.2) is 19.8 Å². The van der Waals surface area contributed by atoms with E-state index in [1.54, 1.807) is 7.11 Å². The Bertz CT molecular complexity index is 523. The summed E-state index contributed by atoms with van der Waals surface area (Å²) in [5.74, 6) is 0.856. The minimum Gasteiger partial charge on any atom is -0.458 e. The van der Waals surface area contributed by atoms with E-state index in [0.29, 0.717) is 5.02 Å². The molecular weight excluding hydrogens is 250 g/mol. The Kier molecular flexibility index (Phi) is 4.27. The normalized spacial score (nSPS) is 14.9. The summed E-state index contributed by atoms with van der Waals surface area (Å²) >= 11 is 6.12. The van der Waals surface area contributed by atoms with E-state index in [9.17, 15) is 0 Å². The summed E-state index contributed by atoms with van der Waals surface area (Å²) in [6, 6.07) is 7.80. The summed E-state index contributed by atoms with van der Waals surface area (Å²) in [6.07, 6.45) is 0.0317. The fraction of sp³-hybridized carbons (Fsp3) is 0.429. The van der Waals surface area contributed by atoms with E-state index in [1.807, 2.05) is 31.2 Å². The maximum atomic E-state index is 6.12. The molecule has 1 aromatic carbocycles. The molecule has 18 heavy (non-hydrogen) atoms. The van der Waals surface area contributed by atoms with Crippen molar-refractivity contribution in [1.82, 2.24) is 5.32 Å². The van der Waals surface area contributed by atoms with Crippen LogP contribution in [0.1, 0.15) is 25.6 Å². The first kappa shape index (κ1) is 13.4. The van der Waals surface area contributed by atoms with E-state index in [4.69, 9.17) is 20.8 Å². The van der Waals surface area contributed by atoms with Crippen molar-refractivity contribution in [2.45, 2.75) is 26.0 Å². The average Bonchev–Trinajstić information content (AvgIpc) is 2.80. The molecule has 0 amide bonds. The highest BCUT2D eigenvalue weighted by Gasteiger charge is 2.22. The number of fused-ring (bicyclic) bond motifs is 1. The molecule has 0 saturated carbocycles. The van der Waals surface area contributed by atoms with Gasteiger partial charge in [0.25, 0.3) is 0 Å². The van der Waals surface area contributed by atoms with Crippen LogP contribution in [0, 0.1) is 0 Å². The molecule has 2 atom stereocenters. The number of halogens is 1.